The van der Waals surface area contributed by atoms with Gasteiger partial charge in [-0.05, 0) is 86.6 Å². The van der Waals surface area contributed by atoms with Gasteiger partial charge < -0.3 is 4.57 Å². The highest BCUT2D eigenvalue weighted by molar-refractivity contribution is 7.26. The van der Waals surface area contributed by atoms with E-state index in [0.29, 0.717) is 17.5 Å². The zero-order chi connectivity index (χ0) is 40.7. The SMILES string of the molecule is c1ccc(-c2nc(-c3ccccc3)nc(-c3cc(-c4ccc5c(c4)c4ccc6sc7ccccc7c6c4n5-c4ccccc4)cc4c5ccccc5c5ccccc5c34)n2)cc1. The van der Waals surface area contributed by atoms with Crippen LogP contribution in [-0.4, -0.2) is 19.5 Å². The van der Waals surface area contributed by atoms with E-state index in [1.165, 1.54) is 63.5 Å². The third-order valence-electron chi connectivity index (χ3n) is 12.4. The molecule has 3 heterocycles. The number of rotatable bonds is 5. The van der Waals surface area contributed by atoms with Crippen LogP contribution in [0.1, 0.15) is 0 Å². The second-order valence-electron chi connectivity index (χ2n) is 15.9. The van der Waals surface area contributed by atoms with Crippen molar-refractivity contribution >= 4 is 85.6 Å². The van der Waals surface area contributed by atoms with Gasteiger partial charge in [-0.2, -0.15) is 0 Å². The van der Waals surface area contributed by atoms with Gasteiger partial charge in [0.1, 0.15) is 0 Å². The standard InChI is InChI=1S/C57H34N4S/c1-4-16-35(17-5-1)55-58-56(36-18-6-2-7-19-36)60-57(59-55)48-34-38(33-47-42-24-11-10-22-40(42)41-23-12-13-25-43(41)52(47)48)37-28-30-49-46(32-37)44-29-31-51-53(45-26-14-15-27-50(45)62-51)54(44)61(49)39-20-8-3-9-21-39/h1-34H. The summed E-state index contributed by atoms with van der Waals surface area (Å²) >= 11 is 1.86. The molecule has 0 saturated heterocycles. The maximum atomic E-state index is 5.32. The fourth-order valence-corrected chi connectivity index (χ4v) is 10.8. The molecule has 13 aromatic rings. The highest BCUT2D eigenvalue weighted by Crippen LogP contribution is 2.46. The fraction of sp³-hybridized carbons (Fsp3) is 0. The summed E-state index contributed by atoms with van der Waals surface area (Å²) in [6, 6.07) is 73.9. The zero-order valence-corrected chi connectivity index (χ0v) is 34.1. The van der Waals surface area contributed by atoms with Crippen molar-refractivity contribution in [3.63, 3.8) is 0 Å². The molecule has 0 spiro atoms. The Labute approximate surface area is 360 Å². The Morgan fingerprint density at radius 1 is 0.323 bits per heavy atom. The Kier molecular flexibility index (Phi) is 7.74. The van der Waals surface area contributed by atoms with E-state index in [9.17, 15) is 0 Å². The van der Waals surface area contributed by atoms with Gasteiger partial charge in [0.25, 0.3) is 0 Å². The highest BCUT2D eigenvalue weighted by Gasteiger charge is 2.22. The summed E-state index contributed by atoms with van der Waals surface area (Å²) in [6.07, 6.45) is 0. The Morgan fingerprint density at radius 3 is 1.56 bits per heavy atom. The summed E-state index contributed by atoms with van der Waals surface area (Å²) in [5.41, 5.74) is 8.63. The number of benzene rings is 10. The van der Waals surface area contributed by atoms with Crippen molar-refractivity contribution in [2.45, 2.75) is 0 Å². The molecule has 0 aliphatic rings. The van der Waals surface area contributed by atoms with Crippen LogP contribution in [-0.2, 0) is 0 Å². The summed E-state index contributed by atoms with van der Waals surface area (Å²) in [7, 11) is 0. The van der Waals surface area contributed by atoms with E-state index in [2.05, 4.69) is 174 Å². The minimum absolute atomic E-state index is 0.637. The third kappa shape index (κ3) is 5.35. The highest BCUT2D eigenvalue weighted by atomic mass is 32.1. The van der Waals surface area contributed by atoms with Crippen LogP contribution in [0.2, 0.25) is 0 Å². The zero-order valence-electron chi connectivity index (χ0n) is 33.3. The lowest BCUT2D eigenvalue weighted by Crippen LogP contribution is -2.01. The van der Waals surface area contributed by atoms with Crippen LogP contribution in [0.4, 0.5) is 0 Å². The molecule has 288 valence electrons. The Hall–Kier alpha value is -7.99. The molecule has 0 N–H and O–H groups in total. The van der Waals surface area contributed by atoms with E-state index < -0.39 is 0 Å². The van der Waals surface area contributed by atoms with Crippen molar-refractivity contribution in [2.24, 2.45) is 0 Å². The van der Waals surface area contributed by atoms with Crippen LogP contribution < -0.4 is 0 Å². The Balaban J connectivity index is 1.14. The van der Waals surface area contributed by atoms with Crippen LogP contribution in [0.5, 0.6) is 0 Å². The molecule has 0 aliphatic carbocycles. The quantitative estimate of drug-likeness (QED) is 0.163. The van der Waals surface area contributed by atoms with Crippen molar-refractivity contribution in [2.75, 3.05) is 0 Å². The molecule has 3 aromatic heterocycles. The molecule has 10 aromatic carbocycles. The van der Waals surface area contributed by atoms with E-state index in [0.717, 1.165) is 44.3 Å². The van der Waals surface area contributed by atoms with Crippen molar-refractivity contribution in [1.82, 2.24) is 19.5 Å². The average Bonchev–Trinajstić information content (AvgIpc) is 3.90. The number of para-hydroxylation sites is 1. The number of aromatic nitrogens is 4. The topological polar surface area (TPSA) is 43.6 Å². The lowest BCUT2D eigenvalue weighted by atomic mass is 9.88. The minimum atomic E-state index is 0.637. The minimum Gasteiger partial charge on any atom is -0.309 e. The molecular formula is C57H34N4S. The largest absolute Gasteiger partial charge is 0.309 e. The Morgan fingerprint density at radius 2 is 0.871 bits per heavy atom. The van der Waals surface area contributed by atoms with Gasteiger partial charge in [-0.25, -0.2) is 15.0 Å². The van der Waals surface area contributed by atoms with Gasteiger partial charge in [-0.15, -0.1) is 11.3 Å². The van der Waals surface area contributed by atoms with Crippen LogP contribution in [0.25, 0.3) is 125 Å². The predicted octanol–water partition coefficient (Wildman–Crippen LogP) is 15.5. The van der Waals surface area contributed by atoms with Crippen molar-refractivity contribution in [3.05, 3.63) is 206 Å². The van der Waals surface area contributed by atoms with Gasteiger partial charge in [0, 0.05) is 58.7 Å². The van der Waals surface area contributed by atoms with Gasteiger partial charge in [-0.3, -0.25) is 0 Å². The number of hydrogen-bond donors (Lipinski definition) is 0. The molecule has 0 bridgehead atoms. The summed E-state index contributed by atoms with van der Waals surface area (Å²) in [5, 5.41) is 12.1. The average molecular weight is 807 g/mol. The smallest absolute Gasteiger partial charge is 0.164 e. The lowest BCUT2D eigenvalue weighted by molar-refractivity contribution is 1.08. The van der Waals surface area contributed by atoms with E-state index in [-0.39, 0.29) is 0 Å². The fourth-order valence-electron chi connectivity index (χ4n) is 9.65. The molecule has 0 fully saturated rings. The van der Waals surface area contributed by atoms with Crippen molar-refractivity contribution < 1.29 is 0 Å². The van der Waals surface area contributed by atoms with E-state index >= 15 is 0 Å². The molecule has 0 aliphatic heterocycles. The van der Waals surface area contributed by atoms with Crippen LogP contribution in [0.3, 0.4) is 0 Å². The first-order valence-corrected chi connectivity index (χ1v) is 21.8. The second-order valence-corrected chi connectivity index (χ2v) is 17.0. The van der Waals surface area contributed by atoms with Gasteiger partial charge >= 0.3 is 0 Å². The number of hydrogen-bond acceptors (Lipinski definition) is 4. The molecule has 13 rings (SSSR count). The van der Waals surface area contributed by atoms with E-state index in [1.807, 2.05) is 47.7 Å². The van der Waals surface area contributed by atoms with Crippen molar-refractivity contribution in [3.8, 4) is 51.0 Å². The first kappa shape index (κ1) is 34.8. The van der Waals surface area contributed by atoms with Gasteiger partial charge in [0.05, 0.1) is 11.0 Å². The molecule has 62 heavy (non-hydrogen) atoms. The maximum Gasteiger partial charge on any atom is 0.164 e. The van der Waals surface area contributed by atoms with Crippen LogP contribution >= 0.6 is 11.3 Å². The van der Waals surface area contributed by atoms with Crippen LogP contribution in [0, 0.1) is 0 Å². The van der Waals surface area contributed by atoms with Gasteiger partial charge in [0.2, 0.25) is 0 Å². The number of nitrogens with zero attached hydrogens (tertiary/aromatic N) is 4. The predicted molar refractivity (Wildman–Crippen MR) is 261 cm³/mol. The molecule has 0 atom stereocenters. The van der Waals surface area contributed by atoms with Crippen LogP contribution in [0.15, 0.2) is 206 Å². The van der Waals surface area contributed by atoms with Crippen molar-refractivity contribution in [1.29, 1.82) is 0 Å². The van der Waals surface area contributed by atoms with E-state index in [1.54, 1.807) is 0 Å². The molecule has 4 nitrogen and oxygen atoms in total. The summed E-state index contributed by atoms with van der Waals surface area (Å²) in [4.78, 5) is 15.7. The molecule has 5 heteroatoms. The first-order chi connectivity index (χ1) is 30.7. The first-order valence-electron chi connectivity index (χ1n) is 20.9. The van der Waals surface area contributed by atoms with Gasteiger partial charge in [-0.1, -0.05) is 158 Å². The second kappa shape index (κ2) is 13.8. The summed E-state index contributed by atoms with van der Waals surface area (Å²) in [5.74, 6) is 1.92. The monoisotopic (exact) mass is 806 g/mol. The molecule has 0 radical (unpaired) electrons. The number of thiophene rings is 1. The molecular weight excluding hydrogens is 773 g/mol. The molecule has 0 amide bonds. The summed E-state index contributed by atoms with van der Waals surface area (Å²) < 4.78 is 5.05. The number of fused-ring (bicyclic) bond motifs is 13. The summed E-state index contributed by atoms with van der Waals surface area (Å²) in [6.45, 7) is 0. The molecule has 0 saturated carbocycles. The molecule has 0 unspecified atom stereocenters. The van der Waals surface area contributed by atoms with Gasteiger partial charge in [0.15, 0.2) is 17.5 Å². The van der Waals surface area contributed by atoms with E-state index in [4.69, 9.17) is 15.0 Å². The Bertz CT molecular complexity index is 3850. The lowest BCUT2D eigenvalue weighted by Gasteiger charge is -2.17. The normalized spacial score (nSPS) is 11.9. The third-order valence-corrected chi connectivity index (χ3v) is 13.5. The maximum absolute atomic E-state index is 5.32.